The van der Waals surface area contributed by atoms with E-state index in [0.29, 0.717) is 11.0 Å². The van der Waals surface area contributed by atoms with Crippen LogP contribution in [0.5, 0.6) is 0 Å². The van der Waals surface area contributed by atoms with E-state index in [0.717, 1.165) is 5.92 Å². The highest BCUT2D eigenvalue weighted by atomic mass is 32.1. The molecule has 1 amide bonds. The third-order valence-corrected chi connectivity index (χ3v) is 4.35. The molecule has 2 atom stereocenters. The average Bonchev–Trinajstić information content (AvgIpc) is 2.77. The highest BCUT2D eigenvalue weighted by Gasteiger charge is 2.22. The van der Waals surface area contributed by atoms with Crippen molar-refractivity contribution in [2.45, 2.75) is 38.5 Å². The van der Waals surface area contributed by atoms with E-state index in [4.69, 9.17) is 0 Å². The smallest absolute Gasteiger partial charge is 0.249 e. The van der Waals surface area contributed by atoms with Crippen molar-refractivity contribution in [1.82, 2.24) is 4.98 Å². The van der Waals surface area contributed by atoms with Gasteiger partial charge in [0.15, 0.2) is 5.13 Å². The van der Waals surface area contributed by atoms with Crippen LogP contribution in [0.25, 0.3) is 0 Å². The molecule has 3 nitrogen and oxygen atoms in total. The van der Waals surface area contributed by atoms with E-state index in [1.54, 1.807) is 11.3 Å². The van der Waals surface area contributed by atoms with Crippen molar-refractivity contribution >= 4 is 22.4 Å². The van der Waals surface area contributed by atoms with Crippen molar-refractivity contribution in [3.05, 3.63) is 23.7 Å². The summed E-state index contributed by atoms with van der Waals surface area (Å²) in [5, 5.41) is 3.40. The van der Waals surface area contributed by atoms with Crippen LogP contribution in [0.4, 0.5) is 5.13 Å². The van der Waals surface area contributed by atoms with E-state index in [2.05, 4.69) is 23.8 Å². The fourth-order valence-corrected chi connectivity index (χ4v) is 3.35. The van der Waals surface area contributed by atoms with Crippen LogP contribution >= 0.6 is 11.3 Å². The van der Waals surface area contributed by atoms with Crippen LogP contribution < -0.4 is 5.32 Å². The first-order valence-corrected chi connectivity index (χ1v) is 6.90. The van der Waals surface area contributed by atoms with Crippen molar-refractivity contribution in [1.29, 1.82) is 0 Å². The fourth-order valence-electron chi connectivity index (χ4n) is 2.38. The molecule has 0 saturated heterocycles. The van der Waals surface area contributed by atoms with E-state index in [1.807, 2.05) is 6.20 Å². The van der Waals surface area contributed by atoms with Gasteiger partial charge in [0, 0.05) is 11.1 Å². The molecule has 1 aliphatic rings. The molecule has 1 aliphatic carbocycles. The van der Waals surface area contributed by atoms with E-state index >= 15 is 0 Å². The van der Waals surface area contributed by atoms with Gasteiger partial charge in [-0.25, -0.2) is 4.98 Å². The van der Waals surface area contributed by atoms with E-state index in [9.17, 15) is 4.79 Å². The second-order valence-electron chi connectivity index (χ2n) is 4.73. The highest BCUT2D eigenvalue weighted by molar-refractivity contribution is 7.15. The van der Waals surface area contributed by atoms with Gasteiger partial charge in [0.2, 0.25) is 5.91 Å². The van der Waals surface area contributed by atoms with Crippen molar-refractivity contribution in [2.24, 2.45) is 5.92 Å². The lowest BCUT2D eigenvalue weighted by atomic mass is 9.82. The summed E-state index contributed by atoms with van der Waals surface area (Å²) >= 11 is 1.59. The normalized spacial score (nSPS) is 24.3. The number of nitrogens with one attached hydrogen (secondary N) is 1. The van der Waals surface area contributed by atoms with Gasteiger partial charge in [-0.3, -0.25) is 10.1 Å². The summed E-state index contributed by atoms with van der Waals surface area (Å²) in [5.74, 6) is 1.25. The minimum Gasteiger partial charge on any atom is -0.298 e. The summed E-state index contributed by atoms with van der Waals surface area (Å²) in [6.07, 6.45) is 8.32. The molecule has 0 spiro atoms. The van der Waals surface area contributed by atoms with Crippen molar-refractivity contribution in [3.8, 4) is 0 Å². The molecule has 4 heteroatoms. The number of nitrogens with zero attached hydrogens (tertiary/aromatic N) is 1. The first-order valence-electron chi connectivity index (χ1n) is 6.08. The molecule has 1 aromatic heterocycles. The molecular weight excluding hydrogens is 232 g/mol. The molecule has 0 radical (unpaired) electrons. The van der Waals surface area contributed by atoms with E-state index < -0.39 is 0 Å². The van der Waals surface area contributed by atoms with Crippen LogP contribution in [-0.4, -0.2) is 10.9 Å². The third kappa shape index (κ3) is 3.16. The van der Waals surface area contributed by atoms with Gasteiger partial charge in [0.05, 0.1) is 0 Å². The molecule has 0 aliphatic heterocycles. The van der Waals surface area contributed by atoms with Crippen LogP contribution in [0.15, 0.2) is 18.9 Å². The van der Waals surface area contributed by atoms with E-state index in [-0.39, 0.29) is 5.91 Å². The summed E-state index contributed by atoms with van der Waals surface area (Å²) in [4.78, 5) is 16.7. The zero-order chi connectivity index (χ0) is 12.3. The molecule has 1 fully saturated rings. The molecule has 2 rings (SSSR count). The van der Waals surface area contributed by atoms with Gasteiger partial charge >= 0.3 is 0 Å². The Morgan fingerprint density at radius 3 is 3.18 bits per heavy atom. The predicted molar refractivity (Wildman–Crippen MR) is 71.3 cm³/mol. The van der Waals surface area contributed by atoms with Gasteiger partial charge in [-0.15, -0.1) is 11.3 Å². The van der Waals surface area contributed by atoms with Crippen LogP contribution in [0.2, 0.25) is 0 Å². The molecule has 0 bridgehead atoms. The zero-order valence-corrected chi connectivity index (χ0v) is 10.9. The fraction of sp³-hybridized carbons (Fsp3) is 0.538. The van der Waals surface area contributed by atoms with Crippen LogP contribution in [0.3, 0.4) is 0 Å². The largest absolute Gasteiger partial charge is 0.298 e. The first kappa shape index (κ1) is 12.3. The Labute approximate surface area is 106 Å². The lowest BCUT2D eigenvalue weighted by molar-refractivity contribution is -0.111. The van der Waals surface area contributed by atoms with Gasteiger partial charge in [-0.2, -0.15) is 0 Å². The number of hydrogen-bond acceptors (Lipinski definition) is 3. The lowest BCUT2D eigenvalue weighted by Crippen LogP contribution is -2.10. The maximum Gasteiger partial charge on any atom is 0.249 e. The van der Waals surface area contributed by atoms with Gasteiger partial charge in [0.25, 0.3) is 0 Å². The average molecular weight is 250 g/mol. The minimum absolute atomic E-state index is 0.192. The van der Waals surface area contributed by atoms with Crippen LogP contribution in [0.1, 0.15) is 43.4 Å². The Balaban J connectivity index is 2.02. The van der Waals surface area contributed by atoms with Gasteiger partial charge in [-0.1, -0.05) is 26.3 Å². The molecule has 1 aromatic rings. The number of amides is 1. The summed E-state index contributed by atoms with van der Waals surface area (Å²) < 4.78 is 0. The third-order valence-electron chi connectivity index (χ3n) is 3.28. The van der Waals surface area contributed by atoms with Gasteiger partial charge in [-0.05, 0) is 30.8 Å². The molecular formula is C13H18N2OS. The summed E-state index contributed by atoms with van der Waals surface area (Å²) in [6, 6.07) is 0. The number of anilines is 1. The molecule has 92 valence electrons. The summed E-state index contributed by atoms with van der Waals surface area (Å²) in [7, 11) is 0. The summed E-state index contributed by atoms with van der Waals surface area (Å²) in [5.41, 5.74) is 0. The number of thiazole rings is 1. The van der Waals surface area contributed by atoms with Crippen molar-refractivity contribution in [3.63, 3.8) is 0 Å². The Kier molecular flexibility index (Phi) is 3.94. The maximum atomic E-state index is 11.2. The molecule has 1 N–H and O–H groups in total. The Bertz CT molecular complexity index is 413. The zero-order valence-electron chi connectivity index (χ0n) is 10.1. The highest BCUT2D eigenvalue weighted by Crippen LogP contribution is 2.38. The summed E-state index contributed by atoms with van der Waals surface area (Å²) in [6.45, 7) is 5.74. The Morgan fingerprint density at radius 1 is 1.65 bits per heavy atom. The number of carbonyl (C=O) groups excluding carboxylic acids is 1. The molecule has 0 aromatic carbocycles. The maximum absolute atomic E-state index is 11.2. The monoisotopic (exact) mass is 250 g/mol. The number of aromatic nitrogens is 1. The molecule has 2 unspecified atom stereocenters. The van der Waals surface area contributed by atoms with Gasteiger partial charge < -0.3 is 0 Å². The SMILES string of the molecule is C=CC(=O)Nc1ncc(C2CCCC(C)C2)s1. The van der Waals surface area contributed by atoms with Gasteiger partial charge in [0.1, 0.15) is 0 Å². The lowest BCUT2D eigenvalue weighted by Gasteiger charge is -2.25. The second kappa shape index (κ2) is 5.45. The topological polar surface area (TPSA) is 42.0 Å². The Morgan fingerprint density at radius 2 is 2.47 bits per heavy atom. The standard InChI is InChI=1S/C13H18N2OS/c1-3-12(16)15-13-14-8-11(17-13)10-6-4-5-9(2)7-10/h3,8-10H,1,4-7H2,2H3,(H,14,15,16). The first-order chi connectivity index (χ1) is 8.19. The molecule has 17 heavy (non-hydrogen) atoms. The number of carbonyl (C=O) groups is 1. The van der Waals surface area contributed by atoms with Crippen LogP contribution in [0, 0.1) is 5.92 Å². The number of rotatable bonds is 3. The van der Waals surface area contributed by atoms with Crippen LogP contribution in [-0.2, 0) is 4.79 Å². The van der Waals surface area contributed by atoms with Crippen molar-refractivity contribution < 1.29 is 4.79 Å². The predicted octanol–water partition coefficient (Wildman–Crippen LogP) is 3.56. The minimum atomic E-state index is -0.192. The second-order valence-corrected chi connectivity index (χ2v) is 5.79. The number of hydrogen-bond donors (Lipinski definition) is 1. The van der Waals surface area contributed by atoms with E-state index in [1.165, 1.54) is 36.6 Å². The van der Waals surface area contributed by atoms with Crippen molar-refractivity contribution in [2.75, 3.05) is 5.32 Å². The Hall–Kier alpha value is -1.16. The molecule has 1 saturated carbocycles. The quantitative estimate of drug-likeness (QED) is 0.833. The molecule has 1 heterocycles.